The number of aldehydes is 1. The second-order valence-corrected chi connectivity index (χ2v) is 4.92. The number of aliphatic hydroxyl groups excluding tert-OH is 7. The number of rotatable bonds is 6. The van der Waals surface area contributed by atoms with Crippen molar-refractivity contribution in [3.63, 3.8) is 0 Å². The fraction of sp³-hybridized carbons (Fsp3) is 0.909. The zero-order chi connectivity index (χ0) is 16.4. The van der Waals surface area contributed by atoms with Gasteiger partial charge in [0.15, 0.2) is 11.9 Å². The van der Waals surface area contributed by atoms with Crippen LogP contribution in [0.3, 0.4) is 0 Å². The molecule has 21 heavy (non-hydrogen) atoms. The molecule has 124 valence electrons. The number of carbonyl (C=O) groups is 1. The molecule has 10 nitrogen and oxygen atoms in total. The number of hydrogen-bond donors (Lipinski definition) is 8. The maximum atomic E-state index is 10.7. The average molecular weight is 312 g/mol. The fourth-order valence-electron chi connectivity index (χ4n) is 2.29. The van der Waals surface area contributed by atoms with Crippen LogP contribution in [0.2, 0.25) is 0 Å². The predicted molar refractivity (Wildman–Crippen MR) is 63.9 cm³/mol. The highest BCUT2D eigenvalue weighted by Gasteiger charge is 2.58. The Morgan fingerprint density at radius 3 is 2.10 bits per heavy atom. The maximum Gasteiger partial charge on any atom is 0.154 e. The zero-order valence-electron chi connectivity index (χ0n) is 10.9. The molecule has 0 spiro atoms. The second-order valence-electron chi connectivity index (χ2n) is 4.92. The molecule has 0 saturated carbocycles. The van der Waals surface area contributed by atoms with E-state index >= 15 is 0 Å². The third-order valence-corrected chi connectivity index (χ3v) is 3.66. The van der Waals surface area contributed by atoms with Gasteiger partial charge in [-0.1, -0.05) is 0 Å². The van der Waals surface area contributed by atoms with E-state index in [0.717, 1.165) is 0 Å². The molecule has 10 heteroatoms. The maximum absolute atomic E-state index is 10.7. The van der Waals surface area contributed by atoms with E-state index in [9.17, 15) is 35.4 Å². The van der Waals surface area contributed by atoms with Crippen LogP contribution in [-0.2, 0) is 9.53 Å². The number of hydrogen-bond acceptors (Lipinski definition) is 10. The molecule has 0 amide bonds. The minimum atomic E-state index is -2.86. The Kier molecular flexibility index (Phi) is 6.16. The largest absolute Gasteiger partial charge is 0.394 e. The van der Waals surface area contributed by atoms with Crippen LogP contribution >= 0.6 is 0 Å². The first kappa shape index (κ1) is 18.4. The predicted octanol–water partition coefficient (Wildman–Crippen LogP) is -5.53. The molecular weight excluding hydrogens is 292 g/mol. The summed E-state index contributed by atoms with van der Waals surface area (Å²) in [5.41, 5.74) is -2.86. The van der Waals surface area contributed by atoms with E-state index in [1.165, 1.54) is 0 Å². The molecule has 0 aromatic carbocycles. The molecule has 1 fully saturated rings. The van der Waals surface area contributed by atoms with E-state index < -0.39 is 61.5 Å². The Hall–Kier alpha value is -0.690. The minimum Gasteiger partial charge on any atom is -0.394 e. The van der Waals surface area contributed by atoms with Gasteiger partial charge >= 0.3 is 0 Å². The van der Waals surface area contributed by atoms with Crippen molar-refractivity contribution < 1.29 is 50.4 Å². The molecule has 0 aliphatic carbocycles. The molecule has 1 unspecified atom stereocenters. The molecule has 8 atom stereocenters. The lowest BCUT2D eigenvalue weighted by molar-refractivity contribution is -0.300. The smallest absolute Gasteiger partial charge is 0.154 e. The van der Waals surface area contributed by atoms with Crippen LogP contribution in [0.1, 0.15) is 0 Å². The third kappa shape index (κ3) is 3.08. The number of carbonyl (C=O) groups excluding carboxylic acids is 1. The Morgan fingerprint density at radius 2 is 1.67 bits per heavy atom. The van der Waals surface area contributed by atoms with Crippen molar-refractivity contribution >= 4 is 6.29 Å². The van der Waals surface area contributed by atoms with Gasteiger partial charge < -0.3 is 50.4 Å². The van der Waals surface area contributed by atoms with Crippen LogP contribution in [0, 0.1) is 0 Å². The van der Waals surface area contributed by atoms with Crippen LogP contribution in [0.5, 0.6) is 0 Å². The van der Waals surface area contributed by atoms with Gasteiger partial charge in [-0.3, -0.25) is 0 Å². The molecule has 1 aliphatic heterocycles. The molecule has 8 N–H and O–H groups in total. The summed E-state index contributed by atoms with van der Waals surface area (Å²) in [6.45, 7) is -1.89. The van der Waals surface area contributed by atoms with E-state index in [1.807, 2.05) is 0 Å². The van der Waals surface area contributed by atoms with Gasteiger partial charge in [-0.2, -0.15) is 0 Å². The summed E-state index contributed by atoms with van der Waals surface area (Å²) in [7, 11) is 0. The van der Waals surface area contributed by atoms with Gasteiger partial charge in [0.1, 0.15) is 42.7 Å². The van der Waals surface area contributed by atoms with Crippen LogP contribution < -0.4 is 0 Å². The molecule has 1 heterocycles. The van der Waals surface area contributed by atoms with Crippen molar-refractivity contribution in [3.8, 4) is 0 Å². The molecule has 0 aromatic rings. The Labute approximate surface area is 119 Å². The van der Waals surface area contributed by atoms with Gasteiger partial charge in [-0.05, 0) is 0 Å². The van der Waals surface area contributed by atoms with Gasteiger partial charge in [0.2, 0.25) is 0 Å². The lowest BCUT2D eigenvalue weighted by atomic mass is 9.78. The molecule has 0 radical (unpaired) electrons. The van der Waals surface area contributed by atoms with Gasteiger partial charge in [0.25, 0.3) is 0 Å². The highest BCUT2D eigenvalue weighted by atomic mass is 16.6. The summed E-state index contributed by atoms with van der Waals surface area (Å²) in [6.07, 6.45) is -13.5. The van der Waals surface area contributed by atoms with Crippen molar-refractivity contribution in [2.75, 3.05) is 13.2 Å². The van der Waals surface area contributed by atoms with E-state index in [2.05, 4.69) is 0 Å². The van der Waals surface area contributed by atoms with E-state index in [1.54, 1.807) is 0 Å². The highest BCUT2D eigenvalue weighted by Crippen LogP contribution is 2.32. The highest BCUT2D eigenvalue weighted by molar-refractivity contribution is 5.58. The molecule has 1 aliphatic rings. The van der Waals surface area contributed by atoms with E-state index in [0.29, 0.717) is 0 Å². The summed E-state index contributed by atoms with van der Waals surface area (Å²) >= 11 is 0. The first-order valence-electron chi connectivity index (χ1n) is 6.20. The first-order valence-corrected chi connectivity index (χ1v) is 6.20. The molecule has 0 aromatic heterocycles. The summed E-state index contributed by atoms with van der Waals surface area (Å²) < 4.78 is 4.99. The van der Waals surface area contributed by atoms with Gasteiger partial charge in [0.05, 0.1) is 13.2 Å². The van der Waals surface area contributed by atoms with Crippen LogP contribution in [0.25, 0.3) is 0 Å². The Balaban J connectivity index is 3.19. The summed E-state index contributed by atoms with van der Waals surface area (Å²) in [4.78, 5) is 10.7. The summed E-state index contributed by atoms with van der Waals surface area (Å²) in [5, 5.41) is 76.6. The van der Waals surface area contributed by atoms with Gasteiger partial charge in [0, 0.05) is 0 Å². The van der Waals surface area contributed by atoms with Crippen molar-refractivity contribution in [1.29, 1.82) is 0 Å². The monoisotopic (exact) mass is 312 g/mol. The topological polar surface area (TPSA) is 188 Å². The lowest BCUT2D eigenvalue weighted by Gasteiger charge is -2.48. The summed E-state index contributed by atoms with van der Waals surface area (Å²) in [6, 6.07) is 0. The first-order chi connectivity index (χ1) is 9.75. The van der Waals surface area contributed by atoms with E-state index in [4.69, 9.17) is 14.9 Å². The van der Waals surface area contributed by atoms with Crippen molar-refractivity contribution in [3.05, 3.63) is 0 Å². The van der Waals surface area contributed by atoms with Crippen LogP contribution in [0.15, 0.2) is 0 Å². The van der Waals surface area contributed by atoms with Crippen molar-refractivity contribution in [2.24, 2.45) is 0 Å². The molecule has 1 rings (SSSR count). The molecule has 1 saturated heterocycles. The second kappa shape index (κ2) is 7.05. The summed E-state index contributed by atoms with van der Waals surface area (Å²) in [5.74, 6) is 0. The average Bonchev–Trinajstić information content (AvgIpc) is 2.50. The number of ether oxygens (including phenoxy) is 1. The fourth-order valence-corrected chi connectivity index (χ4v) is 2.29. The quantitative estimate of drug-likeness (QED) is 0.220. The SMILES string of the molecule is O=C[C@H](O)[C@](O)(C1O[C@H](CO)[C@H](O)[C@H](O)[C@H]1O)[C@H](O)CO. The van der Waals surface area contributed by atoms with Gasteiger partial charge in [-0.25, -0.2) is 0 Å². The number of aliphatic hydroxyl groups is 8. The van der Waals surface area contributed by atoms with Crippen LogP contribution in [-0.4, -0.2) is 109 Å². The lowest BCUT2D eigenvalue weighted by Crippen LogP contribution is -2.72. The Morgan fingerprint density at radius 1 is 1.10 bits per heavy atom. The normalized spacial score (nSPS) is 39.3. The van der Waals surface area contributed by atoms with Gasteiger partial charge in [-0.15, -0.1) is 0 Å². The Bertz CT molecular complexity index is 350. The van der Waals surface area contributed by atoms with E-state index in [-0.39, 0.29) is 6.29 Å². The zero-order valence-corrected chi connectivity index (χ0v) is 10.9. The van der Waals surface area contributed by atoms with Crippen LogP contribution in [0.4, 0.5) is 0 Å². The van der Waals surface area contributed by atoms with Crippen molar-refractivity contribution in [2.45, 2.75) is 48.3 Å². The molecular formula is C11H20O10. The van der Waals surface area contributed by atoms with Crippen molar-refractivity contribution in [1.82, 2.24) is 0 Å². The standard InChI is InChI=1S/C11H20O10/c12-1-4-7(17)8(18)9(19)10(21-4)11(20,5(15)2-13)6(16)3-14/h2,4-10,12,14-20H,1,3H2/t4-,5+,6-,7+,8+,9-,10?,11-/m1/s1. The third-order valence-electron chi connectivity index (χ3n) is 3.66. The minimum absolute atomic E-state index is 0.152. The molecule has 0 bridgehead atoms.